The second-order valence-electron chi connectivity index (χ2n) is 54.8. The van der Waals surface area contributed by atoms with Crippen LogP contribution in [0, 0.1) is 251 Å². The molecule has 0 aliphatic heterocycles. The number of carbonyl (C=O) groups excluding carboxylic acids is 5. The summed E-state index contributed by atoms with van der Waals surface area (Å²) in [7, 11) is 0. The minimum absolute atomic E-state index is 0.00370. The van der Waals surface area contributed by atoms with Crippen molar-refractivity contribution >= 4 is 29.8 Å². The first-order valence-corrected chi connectivity index (χ1v) is 58.4. The first-order chi connectivity index (χ1) is 62.9. The predicted octanol–water partition coefficient (Wildman–Crippen LogP) is 30.3. The Bertz CT molecular complexity index is 3900. The highest BCUT2D eigenvalue weighted by atomic mass is 16.7. The zero-order valence-electron chi connectivity index (χ0n) is 91.4. The molecular formula is C121H202O12. The van der Waals surface area contributed by atoms with Crippen LogP contribution >= 0.6 is 0 Å². The number of hydrogen-bond acceptors (Lipinski definition) is 12. The molecule has 0 amide bonds. The maximum Gasteiger partial charge on any atom is 0.313 e. The number of rotatable bonds is 21. The minimum atomic E-state index is -0.420. The summed E-state index contributed by atoms with van der Waals surface area (Å²) < 4.78 is 44.0. The maximum absolute atomic E-state index is 13.0. The molecule has 0 aromatic rings. The Morgan fingerprint density at radius 3 is 0.902 bits per heavy atom. The number of hydrogen-bond donors (Lipinski definition) is 0. The quantitative estimate of drug-likeness (QED) is 0.0611. The largest absolute Gasteiger partial charge is 0.459 e. The lowest BCUT2D eigenvalue weighted by Crippen LogP contribution is -2.73. The highest BCUT2D eigenvalue weighted by molar-refractivity contribution is 5.78. The highest BCUT2D eigenvalue weighted by Gasteiger charge is 2.78. The third-order valence-corrected chi connectivity index (χ3v) is 47.5. The molecule has 0 saturated heterocycles. The van der Waals surface area contributed by atoms with Crippen molar-refractivity contribution in [3.8, 4) is 0 Å². The van der Waals surface area contributed by atoms with Crippen molar-refractivity contribution in [1.82, 2.24) is 0 Å². The average Bonchev–Trinajstić information content (AvgIpc) is 0.650. The van der Waals surface area contributed by atoms with Crippen LogP contribution in [0.1, 0.15) is 440 Å². The molecule has 15 unspecified atom stereocenters. The topological polar surface area (TPSA) is 150 Å². The van der Waals surface area contributed by atoms with Crippen molar-refractivity contribution in [2.45, 2.75) is 480 Å². The lowest BCUT2D eigenvalue weighted by molar-refractivity contribution is -0.338. The summed E-state index contributed by atoms with van der Waals surface area (Å²) in [4.78, 5) is 63.6. The van der Waals surface area contributed by atoms with Gasteiger partial charge in [0.15, 0.2) is 0 Å². The number of carbonyl (C=O) groups is 5. The van der Waals surface area contributed by atoms with E-state index in [1.54, 1.807) is 0 Å². The van der Waals surface area contributed by atoms with Gasteiger partial charge >= 0.3 is 29.8 Å². The van der Waals surface area contributed by atoms with Gasteiger partial charge < -0.3 is 33.2 Å². The Hall–Kier alpha value is -2.73. The second-order valence-corrected chi connectivity index (χ2v) is 54.8. The van der Waals surface area contributed by atoms with E-state index >= 15 is 0 Å². The molecule has 0 radical (unpaired) electrons. The van der Waals surface area contributed by atoms with Crippen molar-refractivity contribution < 1.29 is 57.1 Å². The van der Waals surface area contributed by atoms with Gasteiger partial charge in [0, 0.05) is 16.7 Å². The molecule has 0 spiro atoms. The summed E-state index contributed by atoms with van der Waals surface area (Å²) in [5.74, 6) is 33.2. The van der Waals surface area contributed by atoms with Crippen LogP contribution in [0.25, 0.3) is 0 Å². The Labute approximate surface area is 813 Å². The second kappa shape index (κ2) is 37.2. The molecule has 0 N–H and O–H groups in total. The third kappa shape index (κ3) is 16.4. The summed E-state index contributed by atoms with van der Waals surface area (Å²) >= 11 is 0. The molecule has 133 heavy (non-hydrogen) atoms. The van der Waals surface area contributed by atoms with Crippen LogP contribution in [-0.4, -0.2) is 70.4 Å². The molecular weight excluding hydrogens is 1650 g/mol. The van der Waals surface area contributed by atoms with Gasteiger partial charge in [0.2, 0.25) is 12.6 Å². The molecule has 35 aliphatic rings. The fraction of sp³-hybridized carbons (Fsp3) is 0.959. The van der Waals surface area contributed by atoms with E-state index in [0.717, 1.165) is 233 Å². The monoisotopic (exact) mass is 1850 g/mol. The average molecular weight is 1850 g/mol. The van der Waals surface area contributed by atoms with E-state index in [-0.39, 0.29) is 84.9 Å². The third-order valence-electron chi connectivity index (χ3n) is 47.5. The Balaban J connectivity index is 0.000000118. The molecule has 35 aliphatic carbocycles. The summed E-state index contributed by atoms with van der Waals surface area (Å²) in [5, 5.41) is 0. The molecule has 35 rings (SSSR count). The van der Waals surface area contributed by atoms with E-state index in [1.807, 2.05) is 166 Å². The maximum atomic E-state index is 13.0. The minimum Gasteiger partial charge on any atom is -0.459 e. The summed E-state index contributed by atoms with van der Waals surface area (Å²) in [6, 6.07) is 0. The van der Waals surface area contributed by atoms with Crippen LogP contribution in [0.2, 0.25) is 0 Å². The molecule has 0 aromatic heterocycles. The molecule has 35 fully saturated rings. The number of esters is 5. The van der Waals surface area contributed by atoms with E-state index in [0.29, 0.717) is 11.8 Å². The van der Waals surface area contributed by atoms with Crippen molar-refractivity contribution in [2.75, 3.05) is 0 Å². The molecule has 758 valence electrons. The van der Waals surface area contributed by atoms with E-state index in [2.05, 4.69) is 55.4 Å². The molecule has 0 heterocycles. The smallest absolute Gasteiger partial charge is 0.313 e. The van der Waals surface area contributed by atoms with Gasteiger partial charge in [0.1, 0.15) is 16.8 Å². The van der Waals surface area contributed by atoms with E-state index in [9.17, 15) is 24.0 Å². The van der Waals surface area contributed by atoms with Gasteiger partial charge in [0.05, 0.1) is 38.3 Å². The van der Waals surface area contributed by atoms with Crippen LogP contribution in [0.4, 0.5) is 0 Å². The first-order valence-electron chi connectivity index (χ1n) is 58.4. The lowest BCUT2D eigenvalue weighted by Gasteiger charge is -2.77. The standard InChI is InChI=1S/2C23H36O2.2C22H34O3.C21H32O2.5C2H6/c1-6-21(2,3)20(24)25-22(4,5)23-12-14-8-16-15-7-13(10-18(16)23)11-19(23)17(15)9-14;1-6-21(2,3)20(24)25-22(4,5)23-10-17-14-7-13-8-15(17)19(12-23)16(9-13)18(14)11-23;1-5-21(3,4)20(23)24-12(2)25-22-11-14-7-16-15-6-13(9-18(16)22)10-19(22)17(15)8-14;1-5-21(3,4)20(23)24-12(2)25-22-9-17-14-6-13-7-15(17)19(11-22)16(8-13)18(14)10-22;1-5-20(2,3)19(22)23-21(4)12-9-14-13-6-11-7-16(14)18(21)17(8-11)15(13)10-12;5*1-2/h2*13-19H,6-12H2,1-5H3;2*12-19H,5-11H2,1-4H3;11-18H,5-10H2,1-4H3;5*1-2H3. The van der Waals surface area contributed by atoms with Crippen molar-refractivity contribution in [3.05, 3.63) is 0 Å². The zero-order valence-corrected chi connectivity index (χ0v) is 91.4. The van der Waals surface area contributed by atoms with Crippen LogP contribution in [0.15, 0.2) is 0 Å². The van der Waals surface area contributed by atoms with Gasteiger partial charge in [-0.05, 0) is 543 Å². The SMILES string of the molecule is CC.CC.CC.CC.CC.CCC(C)(C)C(=O)OC(C)(C)C12CC3C4CC5CC3C(C1)C(C5)C4C2.CCC(C)(C)C(=O)OC(C)(C)C12CC3CC4C5CC(CC41)CC2C5C3.CCC(C)(C)C(=O)OC(C)OC12CC3C4CC5CC3C(C1)C(C5)C4C2.CCC(C)(C)C(=O)OC(C)OC12CC3CC4C5CC(CC41)CC2C5C3.CCC(C)(C)C(=O)OC1(C)C2CC3C4CC5CC3C1C(C5)C4C2. The molecule has 15 atom stereocenters. The van der Waals surface area contributed by atoms with Crippen LogP contribution in [0.3, 0.4) is 0 Å². The molecule has 35 saturated carbocycles. The van der Waals surface area contributed by atoms with Gasteiger partial charge in [-0.3, -0.25) is 24.0 Å². The van der Waals surface area contributed by atoms with Crippen molar-refractivity contribution in [2.24, 2.45) is 251 Å². The van der Waals surface area contributed by atoms with Crippen molar-refractivity contribution in [3.63, 3.8) is 0 Å². The summed E-state index contributed by atoms with van der Waals surface area (Å²) in [6.07, 6.45) is 44.2. The molecule has 0 aromatic carbocycles. The van der Waals surface area contributed by atoms with Gasteiger partial charge in [-0.25, -0.2) is 0 Å². The molecule has 12 nitrogen and oxygen atoms in total. The first kappa shape index (κ1) is 103. The number of ether oxygens (including phenoxy) is 7. The summed E-state index contributed by atoms with van der Waals surface area (Å²) in [5.41, 5.74) is -2.14. The fourth-order valence-electron chi connectivity index (χ4n) is 40.6. The van der Waals surface area contributed by atoms with E-state index in [1.165, 1.54) is 186 Å². The van der Waals surface area contributed by atoms with Gasteiger partial charge in [-0.15, -0.1) is 0 Å². The van der Waals surface area contributed by atoms with Gasteiger partial charge in [-0.1, -0.05) is 104 Å². The van der Waals surface area contributed by atoms with Gasteiger partial charge in [0.25, 0.3) is 0 Å². The van der Waals surface area contributed by atoms with Crippen LogP contribution in [0.5, 0.6) is 0 Å². The fourth-order valence-corrected chi connectivity index (χ4v) is 40.6. The van der Waals surface area contributed by atoms with Crippen molar-refractivity contribution in [1.29, 1.82) is 0 Å². The molecule has 12 heteroatoms. The van der Waals surface area contributed by atoms with Crippen LogP contribution in [-0.2, 0) is 57.1 Å². The summed E-state index contributed by atoms with van der Waals surface area (Å²) in [6.45, 7) is 65.7. The van der Waals surface area contributed by atoms with E-state index < -0.39 is 23.4 Å². The lowest BCUT2D eigenvalue weighted by atomic mass is 9.28. The Morgan fingerprint density at radius 1 is 0.278 bits per heavy atom. The molecule has 40 bridgehead atoms. The van der Waals surface area contributed by atoms with Gasteiger partial charge in [-0.2, -0.15) is 0 Å². The van der Waals surface area contributed by atoms with E-state index in [4.69, 9.17) is 33.2 Å². The Morgan fingerprint density at radius 2 is 0.541 bits per heavy atom. The Kier molecular flexibility index (Phi) is 28.8. The predicted molar refractivity (Wildman–Crippen MR) is 535 cm³/mol. The highest BCUT2D eigenvalue weighted by Crippen LogP contribution is 2.82. The van der Waals surface area contributed by atoms with Crippen LogP contribution < -0.4 is 0 Å². The normalized spacial score (nSPS) is 47.4. The zero-order chi connectivity index (χ0) is 96.8.